The fourth-order valence-corrected chi connectivity index (χ4v) is 4.63. The first-order valence-corrected chi connectivity index (χ1v) is 12.9. The molecule has 6 rings (SSSR count). The summed E-state index contributed by atoms with van der Waals surface area (Å²) in [5.74, 6) is -1.63. The smallest absolute Gasteiger partial charge is 0.269 e. The molecular formula is C30H23F2N7O3. The number of rotatable bonds is 7. The van der Waals surface area contributed by atoms with Crippen molar-refractivity contribution in [3.63, 3.8) is 0 Å². The molecule has 4 N–H and O–H groups in total. The summed E-state index contributed by atoms with van der Waals surface area (Å²) in [5.41, 5.74) is 7.71. The van der Waals surface area contributed by atoms with Gasteiger partial charge in [-0.1, -0.05) is 0 Å². The summed E-state index contributed by atoms with van der Waals surface area (Å²) in [4.78, 5) is 26.1. The van der Waals surface area contributed by atoms with Crippen LogP contribution in [0, 0.1) is 11.6 Å². The monoisotopic (exact) mass is 567 g/mol. The van der Waals surface area contributed by atoms with Gasteiger partial charge in [0.25, 0.3) is 11.5 Å². The number of nitrogens with one attached hydrogen (secondary N) is 2. The van der Waals surface area contributed by atoms with Crippen molar-refractivity contribution in [1.29, 1.82) is 0 Å². The van der Waals surface area contributed by atoms with E-state index >= 15 is 4.39 Å². The first-order chi connectivity index (χ1) is 20.3. The number of pyridine rings is 1. The number of ether oxygens (including phenoxy) is 1. The number of nitrogens with two attached hydrogens (primary N) is 1. The third-order valence-electron chi connectivity index (χ3n) is 6.70. The van der Waals surface area contributed by atoms with E-state index in [-0.39, 0.29) is 28.5 Å². The first kappa shape index (κ1) is 26.4. The number of nitrogen functional groups attached to an aromatic ring is 1. The number of benzene rings is 3. The number of anilines is 2. The summed E-state index contributed by atoms with van der Waals surface area (Å²) in [7, 11) is 0. The van der Waals surface area contributed by atoms with Crippen LogP contribution in [-0.2, 0) is 6.54 Å². The molecule has 6 aromatic rings. The Balaban J connectivity index is 1.28. The normalized spacial score (nSPS) is 11.1. The average molecular weight is 568 g/mol. The number of nitrogens with zero attached hydrogens (tertiary/aromatic N) is 4. The van der Waals surface area contributed by atoms with Gasteiger partial charge in [-0.15, -0.1) is 0 Å². The van der Waals surface area contributed by atoms with Gasteiger partial charge < -0.3 is 15.8 Å². The maximum atomic E-state index is 15.3. The molecule has 3 heterocycles. The number of carbonyl (C=O) groups excluding carboxylic acids is 1. The minimum Gasteiger partial charge on any atom is -0.454 e. The highest BCUT2D eigenvalue weighted by atomic mass is 19.1. The second-order valence-electron chi connectivity index (χ2n) is 9.34. The molecule has 0 aliphatic carbocycles. The lowest BCUT2D eigenvalue weighted by atomic mass is 10.1. The van der Waals surface area contributed by atoms with E-state index < -0.39 is 23.1 Å². The second kappa shape index (κ2) is 10.7. The zero-order chi connectivity index (χ0) is 29.4. The van der Waals surface area contributed by atoms with Gasteiger partial charge in [-0.05, 0) is 67.6 Å². The molecule has 0 saturated heterocycles. The molecule has 1 amide bonds. The maximum absolute atomic E-state index is 15.3. The van der Waals surface area contributed by atoms with E-state index in [0.717, 1.165) is 27.1 Å². The molecule has 42 heavy (non-hydrogen) atoms. The van der Waals surface area contributed by atoms with Crippen LogP contribution < -0.4 is 21.3 Å². The van der Waals surface area contributed by atoms with Crippen molar-refractivity contribution in [2.24, 2.45) is 0 Å². The number of H-pyrrole nitrogens is 1. The molecular weight excluding hydrogens is 544 g/mol. The standard InChI is InChI=1S/C30H23F2N7O3/c1-2-38-25-13-23(18-14-34-35-15-18)27(11-17(25)16-36-38)42-26-9-5-20(12-24(26)32)37-29(40)22-8-10-28(33)39(30(22)41)21-6-3-19(31)4-7-21/h3-16H,2,33H2,1H3,(H,34,35)(H,37,40). The zero-order valence-corrected chi connectivity index (χ0v) is 22.1. The van der Waals surface area contributed by atoms with E-state index in [9.17, 15) is 14.0 Å². The minimum absolute atomic E-state index is 0.0609. The summed E-state index contributed by atoms with van der Waals surface area (Å²) in [6.07, 6.45) is 5.05. The van der Waals surface area contributed by atoms with Gasteiger partial charge in [-0.25, -0.2) is 8.78 Å². The van der Waals surface area contributed by atoms with Crippen LogP contribution in [0.4, 0.5) is 20.3 Å². The van der Waals surface area contributed by atoms with Gasteiger partial charge in [-0.2, -0.15) is 10.2 Å². The van der Waals surface area contributed by atoms with Crippen molar-refractivity contribution in [2.45, 2.75) is 13.5 Å². The molecule has 10 nitrogen and oxygen atoms in total. The van der Waals surface area contributed by atoms with Crippen LogP contribution in [0.1, 0.15) is 17.3 Å². The quantitative estimate of drug-likeness (QED) is 0.233. The largest absolute Gasteiger partial charge is 0.454 e. The lowest BCUT2D eigenvalue weighted by molar-refractivity contribution is 0.102. The van der Waals surface area contributed by atoms with E-state index in [1.165, 1.54) is 48.5 Å². The Bertz CT molecular complexity index is 2000. The molecule has 3 aromatic heterocycles. The van der Waals surface area contributed by atoms with Crippen molar-refractivity contribution in [3.8, 4) is 28.3 Å². The molecule has 0 saturated carbocycles. The van der Waals surface area contributed by atoms with E-state index in [1.54, 1.807) is 24.7 Å². The van der Waals surface area contributed by atoms with E-state index in [2.05, 4.69) is 20.6 Å². The Morgan fingerprint density at radius 1 is 1.02 bits per heavy atom. The van der Waals surface area contributed by atoms with Crippen molar-refractivity contribution in [1.82, 2.24) is 24.5 Å². The SMILES string of the molecule is CCn1ncc2cc(Oc3ccc(NC(=O)c4ccc(N)n(-c5ccc(F)cc5)c4=O)cc3F)c(-c3cn[nH]c3)cc21. The molecule has 3 aromatic carbocycles. The lowest BCUT2D eigenvalue weighted by Crippen LogP contribution is -2.29. The lowest BCUT2D eigenvalue weighted by Gasteiger charge is -2.14. The van der Waals surface area contributed by atoms with Crippen LogP contribution >= 0.6 is 0 Å². The summed E-state index contributed by atoms with van der Waals surface area (Å²) < 4.78 is 37.6. The molecule has 210 valence electrons. The number of fused-ring (bicyclic) bond motifs is 1. The van der Waals surface area contributed by atoms with Gasteiger partial charge in [0.1, 0.15) is 22.9 Å². The Morgan fingerprint density at radius 3 is 2.55 bits per heavy atom. The fourth-order valence-electron chi connectivity index (χ4n) is 4.63. The molecule has 0 radical (unpaired) electrons. The number of aromatic nitrogens is 5. The predicted octanol–water partition coefficient (Wildman–Crippen LogP) is 5.50. The van der Waals surface area contributed by atoms with Gasteiger partial charge in [0.2, 0.25) is 0 Å². The Labute approximate surface area is 237 Å². The highest BCUT2D eigenvalue weighted by molar-refractivity contribution is 6.04. The fraction of sp³-hybridized carbons (Fsp3) is 0.0667. The Morgan fingerprint density at radius 2 is 1.83 bits per heavy atom. The topological polar surface area (TPSA) is 133 Å². The number of aromatic amines is 1. The van der Waals surface area contributed by atoms with Crippen LogP contribution in [0.2, 0.25) is 0 Å². The summed E-state index contributed by atoms with van der Waals surface area (Å²) >= 11 is 0. The molecule has 0 spiro atoms. The van der Waals surface area contributed by atoms with Crippen LogP contribution in [0.5, 0.6) is 11.5 Å². The van der Waals surface area contributed by atoms with Crippen molar-refractivity contribution < 1.29 is 18.3 Å². The van der Waals surface area contributed by atoms with E-state index in [4.69, 9.17) is 10.5 Å². The van der Waals surface area contributed by atoms with Gasteiger partial charge in [0, 0.05) is 41.0 Å². The predicted molar refractivity (Wildman–Crippen MR) is 154 cm³/mol. The molecule has 0 aliphatic heterocycles. The third kappa shape index (κ3) is 4.85. The number of aryl methyl sites for hydroxylation is 1. The van der Waals surface area contributed by atoms with Gasteiger partial charge >= 0.3 is 0 Å². The summed E-state index contributed by atoms with van der Waals surface area (Å²) in [6, 6.07) is 15.4. The highest BCUT2D eigenvalue weighted by Crippen LogP contribution is 2.37. The van der Waals surface area contributed by atoms with Crippen LogP contribution in [0.15, 0.2) is 90.1 Å². The highest BCUT2D eigenvalue weighted by Gasteiger charge is 2.18. The molecule has 0 aliphatic rings. The molecule has 12 heteroatoms. The number of hydrogen-bond donors (Lipinski definition) is 3. The van der Waals surface area contributed by atoms with Gasteiger partial charge in [0.05, 0.1) is 23.6 Å². The van der Waals surface area contributed by atoms with E-state index in [0.29, 0.717) is 17.9 Å². The van der Waals surface area contributed by atoms with Crippen LogP contribution in [0.25, 0.3) is 27.7 Å². The molecule has 0 atom stereocenters. The maximum Gasteiger partial charge on any atom is 0.269 e. The summed E-state index contributed by atoms with van der Waals surface area (Å²) in [5, 5.41) is 14.5. The molecule has 0 fully saturated rings. The van der Waals surface area contributed by atoms with Crippen LogP contribution in [0.3, 0.4) is 0 Å². The Kier molecular flexibility index (Phi) is 6.71. The molecule has 0 unspecified atom stereocenters. The first-order valence-electron chi connectivity index (χ1n) is 12.9. The Hall–Kier alpha value is -5.78. The average Bonchev–Trinajstić information content (AvgIpc) is 3.65. The van der Waals surface area contributed by atoms with E-state index in [1.807, 2.05) is 17.7 Å². The number of halogens is 2. The summed E-state index contributed by atoms with van der Waals surface area (Å²) in [6.45, 7) is 2.66. The van der Waals surface area contributed by atoms with Crippen molar-refractivity contribution >= 4 is 28.3 Å². The van der Waals surface area contributed by atoms with Crippen LogP contribution in [-0.4, -0.2) is 30.5 Å². The van der Waals surface area contributed by atoms with Gasteiger partial charge in [-0.3, -0.25) is 23.9 Å². The third-order valence-corrected chi connectivity index (χ3v) is 6.70. The number of carbonyl (C=O) groups is 1. The molecule has 0 bridgehead atoms. The second-order valence-corrected chi connectivity index (χ2v) is 9.34. The minimum atomic E-state index is -0.774. The number of amides is 1. The van der Waals surface area contributed by atoms with Crippen molar-refractivity contribution in [2.75, 3.05) is 11.1 Å². The zero-order valence-electron chi connectivity index (χ0n) is 22.1. The van der Waals surface area contributed by atoms with Gasteiger partial charge in [0.15, 0.2) is 11.6 Å². The van der Waals surface area contributed by atoms with Crippen molar-refractivity contribution in [3.05, 3.63) is 113 Å². The number of hydrogen-bond acceptors (Lipinski definition) is 6.